The third-order valence-corrected chi connectivity index (χ3v) is 4.18. The van der Waals surface area contributed by atoms with Gasteiger partial charge in [0.1, 0.15) is 5.82 Å². The van der Waals surface area contributed by atoms with Gasteiger partial charge in [-0.25, -0.2) is 9.78 Å². The maximum atomic E-state index is 11.8. The minimum atomic E-state index is -0.175. The molecule has 0 bridgehead atoms. The Hall–Kier alpha value is -1.82. The molecule has 0 radical (unpaired) electrons. The van der Waals surface area contributed by atoms with Crippen LogP contribution in [0, 0.1) is 5.92 Å². The van der Waals surface area contributed by atoms with Gasteiger partial charge in [0.25, 0.3) is 0 Å². The zero-order chi connectivity index (χ0) is 16.5. The predicted octanol–water partition coefficient (Wildman–Crippen LogP) is 1.89. The zero-order valence-corrected chi connectivity index (χ0v) is 13.9. The third kappa shape index (κ3) is 6.06. The largest absolute Gasteiger partial charge is 0.396 e. The number of hydrogen-bond donors (Lipinski definition) is 3. The second kappa shape index (κ2) is 9.35. The number of aliphatic hydroxyl groups is 1. The van der Waals surface area contributed by atoms with Crippen LogP contribution in [0.1, 0.15) is 38.2 Å². The van der Waals surface area contributed by atoms with E-state index in [4.69, 9.17) is 5.11 Å². The standard InChI is InChI=1S/C17H28N4O2/c1-14(6-10-22)12-19-17(23)20-13-15-5-7-18-16(11-15)21-8-3-2-4-9-21/h5,7,11,14,22H,2-4,6,8-10,12-13H2,1H3,(H2,19,20,23). The molecule has 6 nitrogen and oxygen atoms in total. The summed E-state index contributed by atoms with van der Waals surface area (Å²) in [6.07, 6.45) is 6.25. The molecule has 1 fully saturated rings. The molecular formula is C17H28N4O2. The van der Waals surface area contributed by atoms with E-state index in [9.17, 15) is 4.79 Å². The molecule has 0 aromatic carbocycles. The minimum absolute atomic E-state index is 0.154. The number of carbonyl (C=O) groups is 1. The molecule has 1 aromatic rings. The highest BCUT2D eigenvalue weighted by atomic mass is 16.3. The van der Waals surface area contributed by atoms with Gasteiger partial charge in [0.15, 0.2) is 0 Å². The van der Waals surface area contributed by atoms with E-state index in [0.29, 0.717) is 19.5 Å². The van der Waals surface area contributed by atoms with Crippen LogP contribution in [0.15, 0.2) is 18.3 Å². The van der Waals surface area contributed by atoms with Crippen LogP contribution in [-0.2, 0) is 6.54 Å². The molecule has 128 valence electrons. The summed E-state index contributed by atoms with van der Waals surface area (Å²) in [5.74, 6) is 1.28. The van der Waals surface area contributed by atoms with Gasteiger partial charge in [-0.1, -0.05) is 6.92 Å². The highest BCUT2D eigenvalue weighted by Crippen LogP contribution is 2.18. The summed E-state index contributed by atoms with van der Waals surface area (Å²) in [6, 6.07) is 3.81. The molecular weight excluding hydrogens is 292 g/mol. The maximum absolute atomic E-state index is 11.8. The van der Waals surface area contributed by atoms with E-state index in [2.05, 4.69) is 26.6 Å². The summed E-state index contributed by atoms with van der Waals surface area (Å²) in [5.41, 5.74) is 1.05. The topological polar surface area (TPSA) is 77.5 Å². The van der Waals surface area contributed by atoms with Gasteiger partial charge in [-0.2, -0.15) is 0 Å². The summed E-state index contributed by atoms with van der Waals surface area (Å²) < 4.78 is 0. The molecule has 1 aliphatic heterocycles. The summed E-state index contributed by atoms with van der Waals surface area (Å²) >= 11 is 0. The fourth-order valence-electron chi connectivity index (χ4n) is 2.70. The fourth-order valence-corrected chi connectivity index (χ4v) is 2.70. The van der Waals surface area contributed by atoms with Crippen LogP contribution >= 0.6 is 0 Å². The molecule has 0 saturated carbocycles. The smallest absolute Gasteiger partial charge is 0.315 e. The van der Waals surface area contributed by atoms with E-state index in [1.54, 1.807) is 0 Å². The van der Waals surface area contributed by atoms with E-state index in [0.717, 1.165) is 24.5 Å². The summed E-state index contributed by atoms with van der Waals surface area (Å²) in [6.45, 7) is 5.34. The zero-order valence-electron chi connectivity index (χ0n) is 13.9. The van der Waals surface area contributed by atoms with Crippen molar-refractivity contribution in [1.82, 2.24) is 15.6 Å². The SMILES string of the molecule is CC(CCO)CNC(=O)NCc1ccnc(N2CCCCC2)c1. The molecule has 0 aliphatic carbocycles. The van der Waals surface area contributed by atoms with Crippen molar-refractivity contribution in [3.8, 4) is 0 Å². The predicted molar refractivity (Wildman–Crippen MR) is 91.4 cm³/mol. The molecule has 1 saturated heterocycles. The van der Waals surface area contributed by atoms with Crippen molar-refractivity contribution < 1.29 is 9.90 Å². The van der Waals surface area contributed by atoms with Gasteiger partial charge in [0.2, 0.25) is 0 Å². The monoisotopic (exact) mass is 320 g/mol. The molecule has 2 amide bonds. The third-order valence-electron chi connectivity index (χ3n) is 4.18. The number of nitrogens with one attached hydrogen (secondary N) is 2. The van der Waals surface area contributed by atoms with E-state index < -0.39 is 0 Å². The lowest BCUT2D eigenvalue weighted by atomic mass is 10.1. The van der Waals surface area contributed by atoms with Crippen molar-refractivity contribution in [3.63, 3.8) is 0 Å². The van der Waals surface area contributed by atoms with Crippen molar-refractivity contribution in [2.24, 2.45) is 5.92 Å². The second-order valence-corrected chi connectivity index (χ2v) is 6.25. The van der Waals surface area contributed by atoms with Crippen LogP contribution in [0.4, 0.5) is 10.6 Å². The quantitative estimate of drug-likeness (QED) is 0.717. The Balaban J connectivity index is 1.77. The summed E-state index contributed by atoms with van der Waals surface area (Å²) in [7, 11) is 0. The summed E-state index contributed by atoms with van der Waals surface area (Å²) in [5, 5.41) is 14.5. The Morgan fingerprint density at radius 2 is 2.13 bits per heavy atom. The average molecular weight is 320 g/mol. The second-order valence-electron chi connectivity index (χ2n) is 6.25. The number of pyridine rings is 1. The van der Waals surface area contributed by atoms with Gasteiger partial charge in [-0.05, 0) is 49.3 Å². The van der Waals surface area contributed by atoms with E-state index in [1.165, 1.54) is 19.3 Å². The fraction of sp³-hybridized carbons (Fsp3) is 0.647. The molecule has 1 aliphatic rings. The lowest BCUT2D eigenvalue weighted by molar-refractivity contribution is 0.233. The Morgan fingerprint density at radius 1 is 1.35 bits per heavy atom. The van der Waals surface area contributed by atoms with Crippen LogP contribution in [0.5, 0.6) is 0 Å². The highest BCUT2D eigenvalue weighted by molar-refractivity contribution is 5.73. The number of amides is 2. The Labute approximate surface area is 138 Å². The number of piperidine rings is 1. The Kier molecular flexibility index (Phi) is 7.13. The van der Waals surface area contributed by atoms with Gasteiger partial charge in [-0.15, -0.1) is 0 Å². The molecule has 0 spiro atoms. The number of carbonyl (C=O) groups excluding carboxylic acids is 1. The first-order chi connectivity index (χ1) is 11.2. The molecule has 2 heterocycles. The number of aromatic nitrogens is 1. The van der Waals surface area contributed by atoms with Crippen LogP contribution in [0.2, 0.25) is 0 Å². The Morgan fingerprint density at radius 3 is 2.87 bits per heavy atom. The van der Waals surface area contributed by atoms with Crippen molar-refractivity contribution in [1.29, 1.82) is 0 Å². The van der Waals surface area contributed by atoms with E-state index >= 15 is 0 Å². The highest BCUT2D eigenvalue weighted by Gasteiger charge is 2.12. The number of hydrogen-bond acceptors (Lipinski definition) is 4. The minimum Gasteiger partial charge on any atom is -0.396 e. The van der Waals surface area contributed by atoms with Gasteiger partial charge in [0.05, 0.1) is 0 Å². The first kappa shape index (κ1) is 17.5. The van der Waals surface area contributed by atoms with E-state index in [1.807, 2.05) is 19.2 Å². The normalized spacial score (nSPS) is 16.0. The van der Waals surface area contributed by atoms with Crippen molar-refractivity contribution >= 4 is 11.8 Å². The van der Waals surface area contributed by atoms with Crippen LogP contribution in [-0.4, -0.2) is 42.4 Å². The number of anilines is 1. The molecule has 3 N–H and O–H groups in total. The van der Waals surface area contributed by atoms with Gasteiger partial charge in [-0.3, -0.25) is 0 Å². The van der Waals surface area contributed by atoms with Crippen LogP contribution < -0.4 is 15.5 Å². The molecule has 2 rings (SSSR count). The number of nitrogens with zero attached hydrogens (tertiary/aromatic N) is 2. The van der Waals surface area contributed by atoms with Crippen molar-refractivity contribution in [2.45, 2.75) is 39.2 Å². The number of rotatable bonds is 7. The van der Waals surface area contributed by atoms with Crippen molar-refractivity contribution in [2.75, 3.05) is 31.1 Å². The Bertz CT molecular complexity index is 489. The van der Waals surface area contributed by atoms with Gasteiger partial charge in [0, 0.05) is 39.0 Å². The molecule has 6 heteroatoms. The lowest BCUT2D eigenvalue weighted by Crippen LogP contribution is -2.37. The molecule has 1 atom stereocenters. The molecule has 1 aromatic heterocycles. The van der Waals surface area contributed by atoms with E-state index in [-0.39, 0.29) is 18.6 Å². The summed E-state index contributed by atoms with van der Waals surface area (Å²) in [4.78, 5) is 18.6. The van der Waals surface area contributed by atoms with Gasteiger partial charge >= 0.3 is 6.03 Å². The maximum Gasteiger partial charge on any atom is 0.315 e. The van der Waals surface area contributed by atoms with Crippen LogP contribution in [0.25, 0.3) is 0 Å². The number of aliphatic hydroxyl groups excluding tert-OH is 1. The molecule has 1 unspecified atom stereocenters. The number of urea groups is 1. The van der Waals surface area contributed by atoms with Crippen LogP contribution in [0.3, 0.4) is 0 Å². The molecule has 23 heavy (non-hydrogen) atoms. The first-order valence-electron chi connectivity index (χ1n) is 8.51. The van der Waals surface area contributed by atoms with Crippen molar-refractivity contribution in [3.05, 3.63) is 23.9 Å². The first-order valence-corrected chi connectivity index (χ1v) is 8.51. The lowest BCUT2D eigenvalue weighted by Gasteiger charge is -2.27. The average Bonchev–Trinajstić information content (AvgIpc) is 2.59. The van der Waals surface area contributed by atoms with Gasteiger partial charge < -0.3 is 20.6 Å².